The van der Waals surface area contributed by atoms with Gasteiger partial charge in [0.2, 0.25) is 0 Å². The Kier molecular flexibility index (Phi) is 3.96. The van der Waals surface area contributed by atoms with Crippen molar-refractivity contribution >= 4 is 5.91 Å². The first kappa shape index (κ1) is 13.5. The van der Waals surface area contributed by atoms with E-state index in [1.54, 1.807) is 12.3 Å². The Hall–Kier alpha value is -1.49. The molecule has 0 radical (unpaired) electrons. The van der Waals surface area contributed by atoms with Gasteiger partial charge in [0, 0.05) is 24.6 Å². The van der Waals surface area contributed by atoms with Crippen LogP contribution in [0.15, 0.2) is 12.3 Å². The molecular formula is C15H21N3O2. The van der Waals surface area contributed by atoms with Crippen LogP contribution in [0.1, 0.15) is 60.8 Å². The number of nitrogens with zero attached hydrogens (tertiary/aromatic N) is 2. The molecule has 0 aliphatic heterocycles. The molecule has 2 saturated carbocycles. The first-order valence-corrected chi connectivity index (χ1v) is 7.53. The molecular weight excluding hydrogens is 254 g/mol. The fourth-order valence-electron chi connectivity index (χ4n) is 2.78. The molecule has 2 atom stereocenters. The molecule has 0 spiro atoms. The number of aliphatic hydroxyl groups excluding tert-OH is 1. The molecule has 2 N–H and O–H groups in total. The van der Waals surface area contributed by atoms with Crippen molar-refractivity contribution in [2.24, 2.45) is 5.92 Å². The van der Waals surface area contributed by atoms with Gasteiger partial charge in [-0.2, -0.15) is 0 Å². The van der Waals surface area contributed by atoms with Gasteiger partial charge in [-0.15, -0.1) is 0 Å². The summed E-state index contributed by atoms with van der Waals surface area (Å²) in [4.78, 5) is 20.7. The Balaban J connectivity index is 1.57. The Morgan fingerprint density at radius 2 is 2.10 bits per heavy atom. The van der Waals surface area contributed by atoms with E-state index in [4.69, 9.17) is 0 Å². The largest absolute Gasteiger partial charge is 0.393 e. The fraction of sp³-hybridized carbons (Fsp3) is 0.667. The Labute approximate surface area is 118 Å². The summed E-state index contributed by atoms with van der Waals surface area (Å²) in [5, 5.41) is 12.8. The molecule has 0 saturated heterocycles. The minimum Gasteiger partial charge on any atom is -0.393 e. The van der Waals surface area contributed by atoms with Crippen LogP contribution in [0.3, 0.4) is 0 Å². The molecule has 5 heteroatoms. The monoisotopic (exact) mass is 275 g/mol. The van der Waals surface area contributed by atoms with Crippen LogP contribution in [-0.2, 0) is 0 Å². The van der Waals surface area contributed by atoms with Crippen LogP contribution < -0.4 is 5.32 Å². The predicted octanol–water partition coefficient (Wildman–Crippen LogP) is 1.63. The quantitative estimate of drug-likeness (QED) is 0.876. The average molecular weight is 275 g/mol. The van der Waals surface area contributed by atoms with E-state index in [-0.39, 0.29) is 17.9 Å². The highest BCUT2D eigenvalue weighted by Gasteiger charge is 2.27. The van der Waals surface area contributed by atoms with E-state index in [0.717, 1.165) is 44.3 Å². The van der Waals surface area contributed by atoms with Crippen molar-refractivity contribution < 1.29 is 9.90 Å². The highest BCUT2D eigenvalue weighted by Crippen LogP contribution is 2.37. The van der Waals surface area contributed by atoms with E-state index in [2.05, 4.69) is 15.3 Å². The molecule has 1 aromatic rings. The van der Waals surface area contributed by atoms with E-state index >= 15 is 0 Å². The molecule has 108 valence electrons. The molecule has 0 unspecified atom stereocenters. The number of amides is 1. The van der Waals surface area contributed by atoms with Gasteiger partial charge in [-0.05, 0) is 31.7 Å². The van der Waals surface area contributed by atoms with Crippen LogP contribution in [0, 0.1) is 5.92 Å². The maximum atomic E-state index is 12.1. The molecule has 1 heterocycles. The van der Waals surface area contributed by atoms with Gasteiger partial charge in [0.15, 0.2) is 0 Å². The third-order valence-electron chi connectivity index (χ3n) is 4.24. The van der Waals surface area contributed by atoms with Gasteiger partial charge in [-0.1, -0.05) is 12.8 Å². The first-order chi connectivity index (χ1) is 9.74. The summed E-state index contributed by atoms with van der Waals surface area (Å²) in [5.74, 6) is 1.25. The zero-order valence-electron chi connectivity index (χ0n) is 11.6. The van der Waals surface area contributed by atoms with Crippen molar-refractivity contribution in [3.05, 3.63) is 23.8 Å². The summed E-state index contributed by atoms with van der Waals surface area (Å²) < 4.78 is 0. The lowest BCUT2D eigenvalue weighted by atomic mass is 9.86. The van der Waals surface area contributed by atoms with Crippen LogP contribution in [0.5, 0.6) is 0 Å². The molecule has 5 nitrogen and oxygen atoms in total. The van der Waals surface area contributed by atoms with Gasteiger partial charge >= 0.3 is 0 Å². The molecule has 1 aromatic heterocycles. The van der Waals surface area contributed by atoms with Crippen molar-refractivity contribution in [1.82, 2.24) is 15.3 Å². The van der Waals surface area contributed by atoms with E-state index in [9.17, 15) is 9.90 Å². The molecule has 2 aliphatic rings. The first-order valence-electron chi connectivity index (χ1n) is 7.53. The van der Waals surface area contributed by atoms with Gasteiger partial charge in [0.05, 0.1) is 6.10 Å². The lowest BCUT2D eigenvalue weighted by Crippen LogP contribution is -2.37. The number of aromatic nitrogens is 2. The predicted molar refractivity (Wildman–Crippen MR) is 74.3 cm³/mol. The van der Waals surface area contributed by atoms with E-state index in [1.165, 1.54) is 0 Å². The van der Waals surface area contributed by atoms with Gasteiger partial charge < -0.3 is 10.4 Å². The van der Waals surface area contributed by atoms with Crippen molar-refractivity contribution in [2.45, 2.75) is 50.5 Å². The summed E-state index contributed by atoms with van der Waals surface area (Å²) >= 11 is 0. The number of rotatable bonds is 4. The Morgan fingerprint density at radius 3 is 2.85 bits per heavy atom. The highest BCUT2D eigenvalue weighted by molar-refractivity contribution is 5.92. The molecule has 1 amide bonds. The van der Waals surface area contributed by atoms with Crippen LogP contribution in [0.25, 0.3) is 0 Å². The van der Waals surface area contributed by atoms with Crippen LogP contribution >= 0.6 is 0 Å². The van der Waals surface area contributed by atoms with E-state index < -0.39 is 0 Å². The average Bonchev–Trinajstić information content (AvgIpc) is 3.31. The van der Waals surface area contributed by atoms with Crippen molar-refractivity contribution in [2.75, 3.05) is 6.54 Å². The summed E-state index contributed by atoms with van der Waals surface area (Å²) in [6.45, 7) is 0.531. The second-order valence-electron chi connectivity index (χ2n) is 5.90. The number of carbonyl (C=O) groups excluding carboxylic acids is 1. The number of carbonyl (C=O) groups is 1. The fourth-order valence-corrected chi connectivity index (χ4v) is 2.78. The third-order valence-corrected chi connectivity index (χ3v) is 4.24. The lowest BCUT2D eigenvalue weighted by Gasteiger charge is -2.27. The van der Waals surface area contributed by atoms with Crippen LogP contribution in [0.4, 0.5) is 0 Å². The molecule has 3 rings (SSSR count). The molecule has 2 aliphatic carbocycles. The molecule has 20 heavy (non-hydrogen) atoms. The Bertz CT molecular complexity index is 488. The van der Waals surface area contributed by atoms with Crippen LogP contribution in [-0.4, -0.2) is 33.6 Å². The summed E-state index contributed by atoms with van der Waals surface area (Å²) in [5.41, 5.74) is 0.437. The third kappa shape index (κ3) is 3.15. The number of hydrogen-bond acceptors (Lipinski definition) is 4. The zero-order valence-corrected chi connectivity index (χ0v) is 11.6. The number of aliphatic hydroxyl groups is 1. The summed E-state index contributed by atoms with van der Waals surface area (Å²) in [6.07, 6.45) is 7.68. The van der Waals surface area contributed by atoms with Crippen molar-refractivity contribution in [1.29, 1.82) is 0 Å². The zero-order chi connectivity index (χ0) is 13.9. The minimum atomic E-state index is -0.281. The standard InChI is InChI=1S/C15H21N3O2/c19-13-4-2-1-3-11(13)9-17-15(20)12-7-8-16-14(18-12)10-5-6-10/h7-8,10-11,13,19H,1-6,9H2,(H,17,20)/t11-,13+/m1/s1. The summed E-state index contributed by atoms with van der Waals surface area (Å²) in [6, 6.07) is 1.65. The van der Waals surface area contributed by atoms with Gasteiger partial charge in [0.1, 0.15) is 11.5 Å². The number of nitrogens with one attached hydrogen (secondary N) is 1. The van der Waals surface area contributed by atoms with Crippen molar-refractivity contribution in [3.8, 4) is 0 Å². The smallest absolute Gasteiger partial charge is 0.270 e. The number of hydrogen-bond donors (Lipinski definition) is 2. The lowest BCUT2D eigenvalue weighted by molar-refractivity contribution is 0.0661. The summed E-state index contributed by atoms with van der Waals surface area (Å²) in [7, 11) is 0. The molecule has 0 bridgehead atoms. The van der Waals surface area contributed by atoms with Crippen LogP contribution in [0.2, 0.25) is 0 Å². The van der Waals surface area contributed by atoms with Gasteiger partial charge in [0.25, 0.3) is 5.91 Å². The molecule has 0 aromatic carbocycles. The Morgan fingerprint density at radius 1 is 1.30 bits per heavy atom. The van der Waals surface area contributed by atoms with E-state index in [0.29, 0.717) is 18.2 Å². The van der Waals surface area contributed by atoms with Gasteiger partial charge in [-0.25, -0.2) is 9.97 Å². The second-order valence-corrected chi connectivity index (χ2v) is 5.90. The normalized spacial score (nSPS) is 26.2. The SMILES string of the molecule is O=C(NC[C@H]1CCCC[C@@H]1O)c1ccnc(C2CC2)n1. The maximum absolute atomic E-state index is 12.1. The van der Waals surface area contributed by atoms with Gasteiger partial charge in [-0.3, -0.25) is 4.79 Å². The van der Waals surface area contributed by atoms with Crippen molar-refractivity contribution in [3.63, 3.8) is 0 Å². The minimum absolute atomic E-state index is 0.160. The molecule has 2 fully saturated rings. The van der Waals surface area contributed by atoms with E-state index in [1.807, 2.05) is 0 Å². The maximum Gasteiger partial charge on any atom is 0.270 e. The topological polar surface area (TPSA) is 75.1 Å². The highest BCUT2D eigenvalue weighted by atomic mass is 16.3. The second kappa shape index (κ2) is 5.87.